The molecule has 1 aliphatic rings. The first kappa shape index (κ1) is 15.8. The number of esters is 1. The standard InChI is InChI=1S/C17H25NO3/c1-3-21-17(19)7-5-4-6-12-8-9-16(20-2)15-11-13(18)10-14(12)15/h8-9,13H,3-7,10-11,18H2,1-2H3. The largest absolute Gasteiger partial charge is 0.496 e. The lowest BCUT2D eigenvalue weighted by molar-refractivity contribution is -0.143. The molecule has 0 spiro atoms. The SMILES string of the molecule is CCOC(=O)CCCCc1ccc(OC)c2c1CC(N)C2. The lowest BCUT2D eigenvalue weighted by atomic mass is 9.97. The molecule has 1 aromatic rings. The van der Waals surface area contributed by atoms with Gasteiger partial charge in [-0.1, -0.05) is 6.07 Å². The van der Waals surface area contributed by atoms with Crippen LogP contribution in [0.5, 0.6) is 5.75 Å². The summed E-state index contributed by atoms with van der Waals surface area (Å²) in [6.45, 7) is 2.30. The summed E-state index contributed by atoms with van der Waals surface area (Å²) < 4.78 is 10.4. The summed E-state index contributed by atoms with van der Waals surface area (Å²) in [5.41, 5.74) is 10.1. The van der Waals surface area contributed by atoms with Gasteiger partial charge < -0.3 is 15.2 Å². The molecule has 0 bridgehead atoms. The number of ether oxygens (including phenoxy) is 2. The molecule has 4 nitrogen and oxygen atoms in total. The average Bonchev–Trinajstić information content (AvgIpc) is 2.85. The van der Waals surface area contributed by atoms with Gasteiger partial charge in [0.1, 0.15) is 5.75 Å². The maximum Gasteiger partial charge on any atom is 0.305 e. The molecule has 21 heavy (non-hydrogen) atoms. The molecule has 2 rings (SSSR count). The number of hydrogen-bond acceptors (Lipinski definition) is 4. The number of fused-ring (bicyclic) bond motifs is 1. The van der Waals surface area contributed by atoms with Crippen LogP contribution in [0.15, 0.2) is 12.1 Å². The summed E-state index contributed by atoms with van der Waals surface area (Å²) >= 11 is 0. The van der Waals surface area contributed by atoms with Crippen LogP contribution < -0.4 is 10.5 Å². The summed E-state index contributed by atoms with van der Waals surface area (Å²) in [5.74, 6) is 0.854. The highest BCUT2D eigenvalue weighted by atomic mass is 16.5. The predicted octanol–water partition coefficient (Wildman–Crippen LogP) is 2.40. The van der Waals surface area contributed by atoms with Crippen molar-refractivity contribution in [1.29, 1.82) is 0 Å². The zero-order valence-electron chi connectivity index (χ0n) is 13.0. The highest BCUT2D eigenvalue weighted by Crippen LogP contribution is 2.33. The Balaban J connectivity index is 1.93. The number of benzene rings is 1. The van der Waals surface area contributed by atoms with E-state index in [2.05, 4.69) is 6.07 Å². The maximum absolute atomic E-state index is 11.3. The Morgan fingerprint density at radius 2 is 2.05 bits per heavy atom. The Hall–Kier alpha value is -1.55. The van der Waals surface area contributed by atoms with Crippen LogP contribution in [0, 0.1) is 0 Å². The third-order valence-corrected chi connectivity index (χ3v) is 4.02. The molecule has 0 heterocycles. The van der Waals surface area contributed by atoms with E-state index >= 15 is 0 Å². The van der Waals surface area contributed by atoms with Crippen molar-refractivity contribution in [3.8, 4) is 5.75 Å². The second-order valence-electron chi connectivity index (χ2n) is 5.56. The topological polar surface area (TPSA) is 61.5 Å². The fraction of sp³-hybridized carbons (Fsp3) is 0.588. The lowest BCUT2D eigenvalue weighted by Crippen LogP contribution is -2.19. The van der Waals surface area contributed by atoms with Gasteiger partial charge in [0.15, 0.2) is 0 Å². The fourth-order valence-electron chi connectivity index (χ4n) is 3.04. The van der Waals surface area contributed by atoms with Crippen molar-refractivity contribution >= 4 is 5.97 Å². The van der Waals surface area contributed by atoms with Gasteiger partial charge in [-0.3, -0.25) is 4.79 Å². The van der Waals surface area contributed by atoms with Crippen LogP contribution in [0.3, 0.4) is 0 Å². The highest BCUT2D eigenvalue weighted by molar-refractivity contribution is 5.69. The highest BCUT2D eigenvalue weighted by Gasteiger charge is 2.24. The van der Waals surface area contributed by atoms with Crippen LogP contribution in [-0.4, -0.2) is 25.7 Å². The zero-order chi connectivity index (χ0) is 15.2. The monoisotopic (exact) mass is 291 g/mol. The van der Waals surface area contributed by atoms with Gasteiger partial charge in [0.2, 0.25) is 0 Å². The summed E-state index contributed by atoms with van der Waals surface area (Å²) in [6, 6.07) is 4.38. The normalized spacial score (nSPS) is 16.6. The first-order valence-corrected chi connectivity index (χ1v) is 7.74. The van der Waals surface area contributed by atoms with Crippen LogP contribution in [0.25, 0.3) is 0 Å². The number of aryl methyl sites for hydroxylation is 1. The molecule has 1 aromatic carbocycles. The van der Waals surface area contributed by atoms with E-state index in [4.69, 9.17) is 15.2 Å². The molecule has 4 heteroatoms. The van der Waals surface area contributed by atoms with Crippen LogP contribution in [0.2, 0.25) is 0 Å². The zero-order valence-corrected chi connectivity index (χ0v) is 13.0. The van der Waals surface area contributed by atoms with Crippen molar-refractivity contribution in [2.45, 2.75) is 51.5 Å². The van der Waals surface area contributed by atoms with E-state index in [-0.39, 0.29) is 12.0 Å². The molecule has 0 fully saturated rings. The number of carbonyl (C=O) groups excluding carboxylic acids is 1. The third kappa shape index (κ3) is 3.97. The van der Waals surface area contributed by atoms with Gasteiger partial charge in [-0.2, -0.15) is 0 Å². The number of carbonyl (C=O) groups is 1. The van der Waals surface area contributed by atoms with Crippen LogP contribution >= 0.6 is 0 Å². The molecule has 1 atom stereocenters. The van der Waals surface area contributed by atoms with E-state index in [9.17, 15) is 4.79 Å². The van der Waals surface area contributed by atoms with Crippen molar-refractivity contribution < 1.29 is 14.3 Å². The molecule has 0 radical (unpaired) electrons. The van der Waals surface area contributed by atoms with E-state index in [0.717, 1.165) is 37.9 Å². The minimum Gasteiger partial charge on any atom is -0.496 e. The van der Waals surface area contributed by atoms with E-state index in [0.29, 0.717) is 13.0 Å². The molecule has 0 aromatic heterocycles. The molecule has 116 valence electrons. The van der Waals surface area contributed by atoms with Gasteiger partial charge in [-0.05, 0) is 61.8 Å². The summed E-state index contributed by atoms with van der Waals surface area (Å²) in [5, 5.41) is 0. The smallest absolute Gasteiger partial charge is 0.305 e. The van der Waals surface area contributed by atoms with Crippen molar-refractivity contribution in [3.05, 3.63) is 28.8 Å². The second kappa shape index (κ2) is 7.46. The quantitative estimate of drug-likeness (QED) is 0.619. The van der Waals surface area contributed by atoms with Crippen LogP contribution in [0.4, 0.5) is 0 Å². The maximum atomic E-state index is 11.3. The Kier molecular flexibility index (Phi) is 5.62. The Morgan fingerprint density at radius 3 is 2.76 bits per heavy atom. The van der Waals surface area contributed by atoms with Crippen molar-refractivity contribution in [2.75, 3.05) is 13.7 Å². The Morgan fingerprint density at radius 1 is 1.29 bits per heavy atom. The van der Waals surface area contributed by atoms with E-state index in [1.165, 1.54) is 16.7 Å². The van der Waals surface area contributed by atoms with E-state index < -0.39 is 0 Å². The summed E-state index contributed by atoms with van der Waals surface area (Å²) in [6.07, 6.45) is 5.18. The number of nitrogens with two attached hydrogens (primary N) is 1. The second-order valence-corrected chi connectivity index (χ2v) is 5.56. The molecule has 1 aliphatic carbocycles. The summed E-state index contributed by atoms with van der Waals surface area (Å²) in [7, 11) is 1.71. The number of methoxy groups -OCH3 is 1. The van der Waals surface area contributed by atoms with Gasteiger partial charge in [0.25, 0.3) is 0 Å². The molecule has 0 saturated heterocycles. The van der Waals surface area contributed by atoms with Crippen LogP contribution in [-0.2, 0) is 28.8 Å². The van der Waals surface area contributed by atoms with Crippen molar-refractivity contribution in [1.82, 2.24) is 0 Å². The number of rotatable bonds is 7. The van der Waals surface area contributed by atoms with Gasteiger partial charge in [0, 0.05) is 12.5 Å². The molecule has 1 unspecified atom stereocenters. The number of hydrogen-bond donors (Lipinski definition) is 1. The van der Waals surface area contributed by atoms with E-state index in [1.807, 2.05) is 13.0 Å². The van der Waals surface area contributed by atoms with Crippen LogP contribution in [0.1, 0.15) is 42.9 Å². The lowest BCUT2D eigenvalue weighted by Gasteiger charge is -2.12. The minimum atomic E-state index is -0.0977. The van der Waals surface area contributed by atoms with Gasteiger partial charge in [-0.15, -0.1) is 0 Å². The van der Waals surface area contributed by atoms with Gasteiger partial charge in [-0.25, -0.2) is 0 Å². The van der Waals surface area contributed by atoms with Gasteiger partial charge >= 0.3 is 5.97 Å². The van der Waals surface area contributed by atoms with Crippen molar-refractivity contribution in [3.63, 3.8) is 0 Å². The molecular formula is C17H25NO3. The average molecular weight is 291 g/mol. The Labute approximate surface area is 126 Å². The molecule has 0 amide bonds. The Bertz CT molecular complexity index is 499. The molecule has 0 saturated carbocycles. The van der Waals surface area contributed by atoms with E-state index in [1.54, 1.807) is 7.11 Å². The van der Waals surface area contributed by atoms with Gasteiger partial charge in [0.05, 0.1) is 13.7 Å². The fourth-order valence-corrected chi connectivity index (χ4v) is 3.04. The molecular weight excluding hydrogens is 266 g/mol. The molecule has 0 aliphatic heterocycles. The minimum absolute atomic E-state index is 0.0977. The molecule has 2 N–H and O–H groups in total. The summed E-state index contributed by atoms with van der Waals surface area (Å²) in [4.78, 5) is 11.3. The predicted molar refractivity (Wildman–Crippen MR) is 82.6 cm³/mol. The number of unbranched alkanes of at least 4 members (excludes halogenated alkanes) is 1. The van der Waals surface area contributed by atoms with Crippen molar-refractivity contribution in [2.24, 2.45) is 5.73 Å². The first-order chi connectivity index (χ1) is 10.2. The first-order valence-electron chi connectivity index (χ1n) is 7.74. The third-order valence-electron chi connectivity index (χ3n) is 4.02.